The van der Waals surface area contributed by atoms with Crippen molar-refractivity contribution in [3.63, 3.8) is 0 Å². The van der Waals surface area contributed by atoms with Crippen LogP contribution in [0, 0.1) is 0 Å². The summed E-state index contributed by atoms with van der Waals surface area (Å²) >= 11 is 0. The van der Waals surface area contributed by atoms with Crippen LogP contribution in [0.3, 0.4) is 0 Å². The highest BCUT2D eigenvalue weighted by molar-refractivity contribution is 7.92. The molecule has 0 aromatic heterocycles. The zero-order valence-corrected chi connectivity index (χ0v) is 34.2. The molecule has 0 radical (unpaired) electrons. The molecule has 12 heteroatoms. The van der Waals surface area contributed by atoms with Gasteiger partial charge in [-0.2, -0.15) is 0 Å². The van der Waals surface area contributed by atoms with Crippen LogP contribution in [0.1, 0.15) is 15.9 Å². The zero-order chi connectivity index (χ0) is 41.8. The number of fused-ring (bicyclic) bond motifs is 6. The molecular formula is C49H30N2O7S3. The lowest BCUT2D eigenvalue weighted by Crippen LogP contribution is -2.22. The number of hydrogen-bond donors (Lipinski definition) is 0. The van der Waals surface area contributed by atoms with Crippen molar-refractivity contribution in [1.29, 1.82) is 0 Å². The number of hydrogen-bond acceptors (Lipinski definition) is 9. The molecule has 0 N–H and O–H groups in total. The van der Waals surface area contributed by atoms with Gasteiger partial charge in [0, 0.05) is 22.5 Å². The fraction of sp³-hybridized carbons (Fsp3) is 0. The maximum atomic E-state index is 14.4. The Labute approximate surface area is 352 Å². The van der Waals surface area contributed by atoms with Crippen LogP contribution in [-0.2, 0) is 29.5 Å². The summed E-state index contributed by atoms with van der Waals surface area (Å²) in [4.78, 5) is 18.3. The van der Waals surface area contributed by atoms with E-state index in [0.717, 1.165) is 0 Å². The number of benzene rings is 8. The van der Waals surface area contributed by atoms with Crippen molar-refractivity contribution in [2.45, 2.75) is 29.4 Å². The number of para-hydroxylation sites is 4. The van der Waals surface area contributed by atoms with E-state index in [1.165, 1.54) is 12.1 Å². The topological polar surface area (TPSA) is 126 Å². The van der Waals surface area contributed by atoms with Crippen LogP contribution in [0.2, 0.25) is 0 Å². The zero-order valence-electron chi connectivity index (χ0n) is 31.8. The highest BCUT2D eigenvalue weighted by Gasteiger charge is 2.38. The maximum absolute atomic E-state index is 14.4. The molecule has 0 unspecified atom stereocenters. The van der Waals surface area contributed by atoms with E-state index in [-0.39, 0.29) is 40.5 Å². The van der Waals surface area contributed by atoms with Gasteiger partial charge in [0.25, 0.3) is 0 Å². The minimum atomic E-state index is -4.15. The third-order valence-corrected chi connectivity index (χ3v) is 17.1. The summed E-state index contributed by atoms with van der Waals surface area (Å²) in [6.07, 6.45) is 0. The first-order chi connectivity index (χ1) is 29.4. The molecule has 0 amide bonds. The molecule has 0 saturated carbocycles. The fourth-order valence-electron chi connectivity index (χ4n) is 8.62. The van der Waals surface area contributed by atoms with Crippen molar-refractivity contribution in [2.24, 2.45) is 0 Å². The van der Waals surface area contributed by atoms with Gasteiger partial charge in [0.1, 0.15) is 0 Å². The molecule has 61 heavy (non-hydrogen) atoms. The van der Waals surface area contributed by atoms with E-state index >= 15 is 0 Å². The summed E-state index contributed by atoms with van der Waals surface area (Å²) in [6.45, 7) is 0. The Morgan fingerprint density at radius 1 is 0.295 bits per heavy atom. The summed E-state index contributed by atoms with van der Waals surface area (Å²) < 4.78 is 82.9. The fourth-order valence-corrected chi connectivity index (χ4v) is 13.6. The molecule has 3 aliphatic heterocycles. The van der Waals surface area contributed by atoms with Crippen LogP contribution in [0.25, 0.3) is 22.3 Å². The SMILES string of the molecule is O=C1c2ccc(-c3ccc(N4c5ccccc5S(=O)(=O)c5ccccc54)cc3)cc2S(=O)(=O)c2cc(-c3ccc(N4c5ccccc5S(=O)(=O)c5ccccc54)cc3)ccc21. The van der Waals surface area contributed by atoms with Gasteiger partial charge in [-0.3, -0.25) is 4.79 Å². The van der Waals surface area contributed by atoms with E-state index in [9.17, 15) is 30.0 Å². The monoisotopic (exact) mass is 854 g/mol. The molecule has 8 aromatic rings. The third kappa shape index (κ3) is 5.42. The predicted octanol–water partition coefficient (Wildman–Crippen LogP) is 10.6. The van der Waals surface area contributed by atoms with E-state index in [4.69, 9.17) is 0 Å². The number of ketones is 1. The Morgan fingerprint density at radius 2 is 0.574 bits per heavy atom. The Balaban J connectivity index is 0.924. The molecule has 0 fully saturated rings. The van der Waals surface area contributed by atoms with E-state index in [0.29, 0.717) is 56.4 Å². The van der Waals surface area contributed by atoms with Gasteiger partial charge in [0.2, 0.25) is 29.5 Å². The van der Waals surface area contributed by atoms with Crippen molar-refractivity contribution >= 4 is 69.4 Å². The molecule has 296 valence electrons. The largest absolute Gasteiger partial charge is 0.308 e. The number of nitrogens with zero attached hydrogens (tertiary/aromatic N) is 2. The number of sulfone groups is 3. The average Bonchev–Trinajstić information content (AvgIpc) is 3.29. The van der Waals surface area contributed by atoms with Crippen LogP contribution < -0.4 is 9.80 Å². The smallest absolute Gasteiger partial charge is 0.210 e. The van der Waals surface area contributed by atoms with Crippen LogP contribution in [0.5, 0.6) is 0 Å². The molecule has 0 aliphatic carbocycles. The molecular weight excluding hydrogens is 825 g/mol. The summed E-state index contributed by atoms with van der Waals surface area (Å²) in [6, 6.07) is 51.9. The molecule has 11 rings (SSSR count). The van der Waals surface area contributed by atoms with Gasteiger partial charge in [-0.15, -0.1) is 0 Å². The Morgan fingerprint density at radius 3 is 0.902 bits per heavy atom. The second-order valence-electron chi connectivity index (χ2n) is 14.9. The quantitative estimate of drug-likeness (QED) is 0.170. The lowest BCUT2D eigenvalue weighted by Gasteiger charge is -2.33. The Kier molecular flexibility index (Phi) is 7.98. The molecule has 0 bridgehead atoms. The highest BCUT2D eigenvalue weighted by Crippen LogP contribution is 2.50. The van der Waals surface area contributed by atoms with Crippen molar-refractivity contribution in [3.8, 4) is 22.3 Å². The molecule has 3 aliphatic rings. The molecule has 3 heterocycles. The van der Waals surface area contributed by atoms with Crippen molar-refractivity contribution in [3.05, 3.63) is 193 Å². The number of rotatable bonds is 4. The van der Waals surface area contributed by atoms with E-state index in [2.05, 4.69) is 0 Å². The van der Waals surface area contributed by atoms with Gasteiger partial charge in [-0.1, -0.05) is 84.9 Å². The van der Waals surface area contributed by atoms with Crippen LogP contribution in [0.15, 0.2) is 211 Å². The molecule has 0 atom stereocenters. The number of carbonyl (C=O) groups excluding carboxylic acids is 1. The Bertz CT molecular complexity index is 3220. The van der Waals surface area contributed by atoms with Gasteiger partial charge in [-0.05, 0) is 119 Å². The first kappa shape index (κ1) is 36.9. The normalized spacial score (nSPS) is 16.0. The van der Waals surface area contributed by atoms with Gasteiger partial charge >= 0.3 is 0 Å². The Hall–Kier alpha value is -7.12. The molecule has 0 spiro atoms. The highest BCUT2D eigenvalue weighted by atomic mass is 32.2. The summed E-state index contributed by atoms with van der Waals surface area (Å²) in [5.41, 5.74) is 6.31. The van der Waals surface area contributed by atoms with E-state index < -0.39 is 35.3 Å². The lowest BCUT2D eigenvalue weighted by atomic mass is 9.96. The van der Waals surface area contributed by atoms with Crippen molar-refractivity contribution < 1.29 is 30.0 Å². The predicted molar refractivity (Wildman–Crippen MR) is 233 cm³/mol. The molecule has 9 nitrogen and oxygen atoms in total. The van der Waals surface area contributed by atoms with E-state index in [1.807, 2.05) is 58.3 Å². The number of carbonyl (C=O) groups is 1. The van der Waals surface area contributed by atoms with E-state index in [1.54, 1.807) is 121 Å². The minimum absolute atomic E-state index is 0.0828. The maximum Gasteiger partial charge on any atom is 0.210 e. The molecule has 8 aromatic carbocycles. The summed E-state index contributed by atoms with van der Waals surface area (Å²) in [5, 5.41) is 0. The van der Waals surface area contributed by atoms with Crippen LogP contribution >= 0.6 is 0 Å². The lowest BCUT2D eigenvalue weighted by molar-refractivity contribution is 0.103. The van der Waals surface area contributed by atoms with Crippen molar-refractivity contribution in [2.75, 3.05) is 9.80 Å². The van der Waals surface area contributed by atoms with Crippen molar-refractivity contribution in [1.82, 2.24) is 0 Å². The first-order valence-corrected chi connectivity index (χ1v) is 23.6. The van der Waals surface area contributed by atoms with Gasteiger partial charge in [0.05, 0.1) is 52.1 Å². The summed E-state index contributed by atoms with van der Waals surface area (Å²) in [7, 11) is -11.6. The molecule has 0 saturated heterocycles. The van der Waals surface area contributed by atoms with Gasteiger partial charge < -0.3 is 9.80 Å². The first-order valence-electron chi connectivity index (χ1n) is 19.2. The second kappa shape index (κ2) is 13.2. The standard InChI is InChI=1S/C49H30N2O7S3/c52-49-37-27-21-33(31-17-23-35(24-18-31)50-39-9-1-5-13-43(39)59(53,54)44-14-6-2-10-40(44)50)29-47(37)61(57,58)48-30-34(22-28-38(48)49)32-19-25-36(26-20-32)51-41-11-3-7-15-45(41)60(55,56)46-16-8-4-12-42(46)51/h1-30H. The second-order valence-corrected chi connectivity index (χ2v) is 20.6. The van der Waals surface area contributed by atoms with Gasteiger partial charge in [0.15, 0.2) is 5.78 Å². The van der Waals surface area contributed by atoms with Crippen LogP contribution in [0.4, 0.5) is 34.1 Å². The van der Waals surface area contributed by atoms with Crippen LogP contribution in [-0.4, -0.2) is 31.0 Å². The average molecular weight is 855 g/mol. The van der Waals surface area contributed by atoms with Gasteiger partial charge in [-0.25, -0.2) is 25.3 Å². The number of anilines is 6. The summed E-state index contributed by atoms with van der Waals surface area (Å²) in [5.74, 6) is -0.390. The minimum Gasteiger partial charge on any atom is -0.308 e. The third-order valence-electron chi connectivity index (χ3n) is 11.5.